The Morgan fingerprint density at radius 3 is 2.50 bits per heavy atom. The fourth-order valence-electron chi connectivity index (χ4n) is 2.72. The van der Waals surface area contributed by atoms with Gasteiger partial charge in [-0.3, -0.25) is 9.59 Å². The van der Waals surface area contributed by atoms with Crippen molar-refractivity contribution in [1.82, 2.24) is 4.90 Å². The first kappa shape index (κ1) is 20.2. The van der Waals surface area contributed by atoms with Crippen molar-refractivity contribution in [2.24, 2.45) is 0 Å². The summed E-state index contributed by atoms with van der Waals surface area (Å²) in [7, 11) is 0. The second-order valence-corrected chi connectivity index (χ2v) is 6.15. The van der Waals surface area contributed by atoms with Crippen LogP contribution in [0.5, 0.6) is 0 Å². The Morgan fingerprint density at radius 2 is 1.88 bits per heavy atom. The van der Waals surface area contributed by atoms with Crippen LogP contribution in [0.15, 0.2) is 24.3 Å². The zero-order chi connectivity index (χ0) is 18.8. The summed E-state index contributed by atoms with van der Waals surface area (Å²) in [5.41, 5.74) is 1.84. The Kier molecular flexibility index (Phi) is 8.37. The molecule has 1 fully saturated rings. The summed E-state index contributed by atoms with van der Waals surface area (Å²) in [4.78, 5) is 28.0. The number of anilines is 2. The van der Waals surface area contributed by atoms with Crippen LogP contribution >= 0.6 is 0 Å². The van der Waals surface area contributed by atoms with E-state index in [-0.39, 0.29) is 25.0 Å². The van der Waals surface area contributed by atoms with Gasteiger partial charge >= 0.3 is 0 Å². The van der Waals surface area contributed by atoms with E-state index in [2.05, 4.69) is 10.2 Å². The highest BCUT2D eigenvalue weighted by atomic mass is 16.5. The molecule has 0 unspecified atom stereocenters. The molecule has 26 heavy (non-hydrogen) atoms. The molecule has 144 valence electrons. The molecule has 0 saturated carbocycles. The van der Waals surface area contributed by atoms with Gasteiger partial charge in [-0.15, -0.1) is 0 Å². The van der Waals surface area contributed by atoms with Crippen molar-refractivity contribution >= 4 is 23.2 Å². The van der Waals surface area contributed by atoms with E-state index in [1.54, 1.807) is 0 Å². The number of likely N-dealkylation sites (N-methyl/N-ethyl adjacent to an activating group) is 1. The third-order valence-electron chi connectivity index (χ3n) is 4.17. The van der Waals surface area contributed by atoms with Gasteiger partial charge in [0.05, 0.1) is 19.8 Å². The highest BCUT2D eigenvalue weighted by Crippen LogP contribution is 2.19. The highest BCUT2D eigenvalue weighted by Gasteiger charge is 2.16. The lowest BCUT2D eigenvalue weighted by Crippen LogP contribution is -2.39. The number of morpholine rings is 1. The van der Waals surface area contributed by atoms with Gasteiger partial charge in [-0.1, -0.05) is 6.92 Å². The molecule has 1 heterocycles. The molecule has 0 radical (unpaired) electrons. The summed E-state index contributed by atoms with van der Waals surface area (Å²) in [6.45, 7) is 8.12. The largest absolute Gasteiger partial charge is 0.378 e. The molecule has 2 rings (SSSR count). The van der Waals surface area contributed by atoms with Crippen LogP contribution in [0.1, 0.15) is 20.3 Å². The van der Waals surface area contributed by atoms with E-state index in [9.17, 15) is 9.59 Å². The summed E-state index contributed by atoms with van der Waals surface area (Å²) in [5, 5.41) is 2.84. The van der Waals surface area contributed by atoms with Gasteiger partial charge in [-0.25, -0.2) is 0 Å². The predicted octanol–water partition coefficient (Wildman–Crippen LogP) is 1.74. The average molecular weight is 363 g/mol. The fourth-order valence-corrected chi connectivity index (χ4v) is 2.72. The van der Waals surface area contributed by atoms with Gasteiger partial charge in [-0.05, 0) is 37.6 Å². The zero-order valence-electron chi connectivity index (χ0n) is 15.7. The molecule has 0 atom stereocenters. The minimum Gasteiger partial charge on any atom is -0.378 e. The molecular weight excluding hydrogens is 334 g/mol. The number of benzene rings is 1. The van der Waals surface area contributed by atoms with Crippen molar-refractivity contribution in [3.63, 3.8) is 0 Å². The number of nitrogens with one attached hydrogen (secondary N) is 1. The maximum atomic E-state index is 12.2. The Balaban J connectivity index is 1.83. The minimum atomic E-state index is -0.213. The summed E-state index contributed by atoms with van der Waals surface area (Å²) < 4.78 is 10.6. The van der Waals surface area contributed by atoms with Crippen LogP contribution in [-0.4, -0.2) is 69.3 Å². The Bertz CT molecular complexity index is 571. The number of ether oxygens (including phenoxy) is 2. The van der Waals surface area contributed by atoms with Crippen LogP contribution in [0, 0.1) is 0 Å². The van der Waals surface area contributed by atoms with Crippen LogP contribution < -0.4 is 10.2 Å². The Morgan fingerprint density at radius 1 is 1.19 bits per heavy atom. The van der Waals surface area contributed by atoms with Gasteiger partial charge < -0.3 is 24.6 Å². The van der Waals surface area contributed by atoms with Crippen LogP contribution in [-0.2, 0) is 19.1 Å². The topological polar surface area (TPSA) is 71.1 Å². The van der Waals surface area contributed by atoms with E-state index < -0.39 is 0 Å². The Labute approximate surface area is 155 Å². The molecule has 7 heteroatoms. The molecule has 0 aromatic heterocycles. The quantitative estimate of drug-likeness (QED) is 0.677. The van der Waals surface area contributed by atoms with Crippen LogP contribution in [0.2, 0.25) is 0 Å². The Hall–Kier alpha value is -2.12. The maximum absolute atomic E-state index is 12.2. The maximum Gasteiger partial charge on any atom is 0.249 e. The van der Waals surface area contributed by atoms with E-state index in [4.69, 9.17) is 9.47 Å². The number of hydrogen-bond acceptors (Lipinski definition) is 5. The van der Waals surface area contributed by atoms with Crippen LogP contribution in [0.25, 0.3) is 0 Å². The van der Waals surface area contributed by atoms with E-state index in [0.717, 1.165) is 44.1 Å². The molecule has 1 aliphatic rings. The zero-order valence-corrected chi connectivity index (χ0v) is 15.7. The smallest absolute Gasteiger partial charge is 0.249 e. The minimum absolute atomic E-state index is 0.0171. The first-order chi connectivity index (χ1) is 12.6. The molecule has 1 N–H and O–H groups in total. The number of nitrogens with zero attached hydrogens (tertiary/aromatic N) is 2. The van der Waals surface area contributed by atoms with Gasteiger partial charge in [0.15, 0.2) is 0 Å². The van der Waals surface area contributed by atoms with Crippen molar-refractivity contribution in [2.75, 3.05) is 62.8 Å². The third kappa shape index (κ3) is 6.31. The molecule has 1 saturated heterocycles. The molecule has 2 amide bonds. The van der Waals surface area contributed by atoms with Crippen molar-refractivity contribution in [3.05, 3.63) is 24.3 Å². The highest BCUT2D eigenvalue weighted by molar-refractivity contribution is 5.94. The van der Waals surface area contributed by atoms with Crippen molar-refractivity contribution in [2.45, 2.75) is 20.3 Å². The standard InChI is InChI=1S/C19H29N3O4/c1-3-11-26-15-19(24)21(4-2)14-18(23)20-16-5-7-17(8-6-16)22-9-12-25-13-10-22/h5-8H,3-4,9-15H2,1-2H3,(H,20,23). The number of rotatable bonds is 9. The number of carbonyl (C=O) groups excluding carboxylic acids is 2. The lowest BCUT2D eigenvalue weighted by atomic mass is 10.2. The van der Waals surface area contributed by atoms with Crippen LogP contribution in [0.4, 0.5) is 11.4 Å². The molecule has 1 aromatic rings. The molecular formula is C19H29N3O4. The van der Waals surface area contributed by atoms with Crippen molar-refractivity contribution in [1.29, 1.82) is 0 Å². The summed E-state index contributed by atoms with van der Waals surface area (Å²) in [6, 6.07) is 7.74. The van der Waals surface area contributed by atoms with Gasteiger partial charge in [0.25, 0.3) is 0 Å². The molecule has 0 aliphatic carbocycles. The van der Waals surface area contributed by atoms with E-state index in [1.165, 1.54) is 4.90 Å². The monoisotopic (exact) mass is 363 g/mol. The molecule has 1 aromatic carbocycles. The lowest BCUT2D eigenvalue weighted by molar-refractivity contribution is -0.138. The second-order valence-electron chi connectivity index (χ2n) is 6.15. The number of hydrogen-bond donors (Lipinski definition) is 1. The van der Waals surface area contributed by atoms with Gasteiger partial charge in [0.1, 0.15) is 6.61 Å². The average Bonchev–Trinajstić information content (AvgIpc) is 2.67. The number of amides is 2. The summed E-state index contributed by atoms with van der Waals surface area (Å²) in [6.07, 6.45) is 0.861. The number of carbonyl (C=O) groups is 2. The van der Waals surface area contributed by atoms with E-state index in [1.807, 2.05) is 38.1 Å². The van der Waals surface area contributed by atoms with E-state index in [0.29, 0.717) is 13.2 Å². The summed E-state index contributed by atoms with van der Waals surface area (Å²) >= 11 is 0. The predicted molar refractivity (Wildman–Crippen MR) is 101 cm³/mol. The summed E-state index contributed by atoms with van der Waals surface area (Å²) in [5.74, 6) is -0.381. The van der Waals surface area contributed by atoms with Gasteiger partial charge in [0, 0.05) is 37.6 Å². The van der Waals surface area contributed by atoms with E-state index >= 15 is 0 Å². The molecule has 0 bridgehead atoms. The first-order valence-corrected chi connectivity index (χ1v) is 9.22. The SMILES string of the molecule is CCCOCC(=O)N(CC)CC(=O)Nc1ccc(N2CCOCC2)cc1. The van der Waals surface area contributed by atoms with Crippen molar-refractivity contribution in [3.8, 4) is 0 Å². The molecule has 7 nitrogen and oxygen atoms in total. The second kappa shape index (κ2) is 10.8. The molecule has 1 aliphatic heterocycles. The third-order valence-corrected chi connectivity index (χ3v) is 4.17. The normalized spacial score (nSPS) is 14.2. The van der Waals surface area contributed by atoms with Gasteiger partial charge in [0.2, 0.25) is 11.8 Å². The van der Waals surface area contributed by atoms with Crippen LogP contribution in [0.3, 0.4) is 0 Å². The first-order valence-electron chi connectivity index (χ1n) is 9.22. The van der Waals surface area contributed by atoms with Crippen molar-refractivity contribution < 1.29 is 19.1 Å². The molecule has 0 spiro atoms. The lowest BCUT2D eigenvalue weighted by Gasteiger charge is -2.29. The fraction of sp³-hybridized carbons (Fsp3) is 0.579. The van der Waals surface area contributed by atoms with Gasteiger partial charge in [-0.2, -0.15) is 0 Å².